The number of hydrogen-bond acceptors (Lipinski definition) is 8. The molecule has 0 aliphatic rings. The average molecular weight is 306 g/mol. The molecule has 8 heteroatoms. The maximum absolute atomic E-state index is 10.6. The minimum Gasteiger partial charge on any atom is -0.469 e. The molecule has 0 amide bonds. The van der Waals surface area contributed by atoms with Gasteiger partial charge in [0.1, 0.15) is 6.42 Å². The Morgan fingerprint density at radius 2 is 1.00 bits per heavy atom. The maximum atomic E-state index is 10.6. The minimum atomic E-state index is -0.536. The van der Waals surface area contributed by atoms with Gasteiger partial charge in [0.05, 0.1) is 40.3 Å². The number of methoxy groups -OCH3 is 2. The quantitative estimate of drug-likeness (QED) is 0.383. The van der Waals surface area contributed by atoms with E-state index in [9.17, 15) is 19.2 Å². The van der Waals surface area contributed by atoms with Crippen molar-refractivity contribution in [2.24, 2.45) is 0 Å². The van der Waals surface area contributed by atoms with Gasteiger partial charge in [0.15, 0.2) is 0 Å². The molecular weight excluding hydrogens is 284 g/mol. The monoisotopic (exact) mass is 306 g/mol. The molecule has 0 rings (SSSR count). The molecule has 0 unspecified atom stereocenters. The second kappa shape index (κ2) is 14.3. The van der Waals surface area contributed by atoms with Gasteiger partial charge in [-0.15, -0.1) is 0 Å². The summed E-state index contributed by atoms with van der Waals surface area (Å²) in [6.07, 6.45) is -0.117. The van der Waals surface area contributed by atoms with Crippen molar-refractivity contribution >= 4 is 23.9 Å². The Morgan fingerprint density at radius 3 is 1.24 bits per heavy atom. The molecule has 0 spiro atoms. The Labute approximate surface area is 123 Å². The van der Waals surface area contributed by atoms with Gasteiger partial charge < -0.3 is 18.9 Å². The van der Waals surface area contributed by atoms with Crippen molar-refractivity contribution in [1.29, 1.82) is 0 Å². The summed E-state index contributed by atoms with van der Waals surface area (Å²) in [6, 6.07) is 0. The van der Waals surface area contributed by atoms with Crippen LogP contribution in [0.1, 0.15) is 33.1 Å². The zero-order chi connectivity index (χ0) is 16.7. The Hall–Kier alpha value is -2.12. The summed E-state index contributed by atoms with van der Waals surface area (Å²) in [6.45, 7) is 3.95. The summed E-state index contributed by atoms with van der Waals surface area (Å²) >= 11 is 0. The highest BCUT2D eigenvalue weighted by molar-refractivity contribution is 5.91. The van der Waals surface area contributed by atoms with Crippen molar-refractivity contribution in [2.45, 2.75) is 33.1 Å². The predicted octanol–water partition coefficient (Wildman–Crippen LogP) is 0.615. The molecule has 0 saturated heterocycles. The fraction of sp³-hybridized carbons (Fsp3) is 0.692. The summed E-state index contributed by atoms with van der Waals surface area (Å²) in [5.74, 6) is -1.87. The molecule has 0 N–H and O–H groups in total. The van der Waals surface area contributed by atoms with Crippen LogP contribution in [0, 0.1) is 0 Å². The van der Waals surface area contributed by atoms with Crippen LogP contribution >= 0.6 is 0 Å². The van der Waals surface area contributed by atoms with Crippen LogP contribution in [0.2, 0.25) is 0 Å². The zero-order valence-corrected chi connectivity index (χ0v) is 12.8. The van der Waals surface area contributed by atoms with Gasteiger partial charge in [0.25, 0.3) is 0 Å². The molecule has 0 atom stereocenters. The van der Waals surface area contributed by atoms with E-state index < -0.39 is 23.9 Å². The lowest BCUT2D eigenvalue weighted by atomic mass is 10.3. The largest absolute Gasteiger partial charge is 0.469 e. The number of hydrogen-bond donors (Lipinski definition) is 0. The first kappa shape index (κ1) is 21.2. The highest BCUT2D eigenvalue weighted by atomic mass is 16.6. The predicted molar refractivity (Wildman–Crippen MR) is 71.1 cm³/mol. The van der Waals surface area contributed by atoms with E-state index in [2.05, 4.69) is 18.9 Å². The highest BCUT2D eigenvalue weighted by Gasteiger charge is 2.09. The van der Waals surface area contributed by atoms with Crippen molar-refractivity contribution in [3.8, 4) is 0 Å². The minimum absolute atomic E-state index is 0.0865. The van der Waals surface area contributed by atoms with Gasteiger partial charge >= 0.3 is 23.9 Å². The van der Waals surface area contributed by atoms with E-state index in [-0.39, 0.29) is 32.5 Å². The van der Waals surface area contributed by atoms with Crippen LogP contribution in [0.3, 0.4) is 0 Å². The molecule has 0 fully saturated rings. The lowest BCUT2D eigenvalue weighted by Crippen LogP contribution is -2.13. The summed E-state index contributed by atoms with van der Waals surface area (Å²) in [5, 5.41) is 0. The van der Waals surface area contributed by atoms with Gasteiger partial charge in [0, 0.05) is 0 Å². The number of rotatable bonds is 7. The third-order valence-electron chi connectivity index (χ3n) is 1.89. The van der Waals surface area contributed by atoms with Gasteiger partial charge in [-0.2, -0.15) is 0 Å². The van der Waals surface area contributed by atoms with Crippen LogP contribution in [0.25, 0.3) is 0 Å². The van der Waals surface area contributed by atoms with E-state index in [0.29, 0.717) is 0 Å². The lowest BCUT2D eigenvalue weighted by molar-refractivity contribution is -0.154. The second-order valence-corrected chi connectivity index (χ2v) is 3.44. The fourth-order valence-corrected chi connectivity index (χ4v) is 0.950. The molecule has 0 radical (unpaired) electrons. The molecular formula is C13H22O8. The van der Waals surface area contributed by atoms with Crippen LogP contribution in [-0.2, 0) is 38.1 Å². The molecule has 21 heavy (non-hydrogen) atoms. The van der Waals surface area contributed by atoms with Crippen LogP contribution in [-0.4, -0.2) is 51.3 Å². The summed E-state index contributed by atoms with van der Waals surface area (Å²) in [7, 11) is 2.55. The van der Waals surface area contributed by atoms with E-state index in [1.807, 2.05) is 0 Å². The van der Waals surface area contributed by atoms with Gasteiger partial charge in [-0.05, 0) is 13.8 Å². The third kappa shape index (κ3) is 15.8. The molecule has 0 aromatic heterocycles. The molecule has 0 saturated carbocycles. The molecule has 0 aromatic carbocycles. The first-order chi connectivity index (χ1) is 9.90. The Morgan fingerprint density at radius 1 is 0.667 bits per heavy atom. The molecule has 0 aliphatic carbocycles. The van der Waals surface area contributed by atoms with Gasteiger partial charge in [0.2, 0.25) is 0 Å². The van der Waals surface area contributed by atoms with Gasteiger partial charge in [-0.1, -0.05) is 0 Å². The molecule has 8 nitrogen and oxygen atoms in total. The van der Waals surface area contributed by atoms with Crippen LogP contribution in [0.5, 0.6) is 0 Å². The second-order valence-electron chi connectivity index (χ2n) is 3.44. The molecule has 0 bridgehead atoms. The summed E-state index contributed by atoms with van der Waals surface area (Å²) in [5.41, 5.74) is 0. The summed E-state index contributed by atoms with van der Waals surface area (Å²) in [4.78, 5) is 42.0. The van der Waals surface area contributed by atoms with Gasteiger partial charge in [-0.3, -0.25) is 19.2 Å². The van der Waals surface area contributed by atoms with Crippen LogP contribution in [0.15, 0.2) is 0 Å². The van der Waals surface area contributed by atoms with Crippen molar-refractivity contribution < 1.29 is 38.1 Å². The maximum Gasteiger partial charge on any atom is 0.317 e. The van der Waals surface area contributed by atoms with E-state index in [1.165, 1.54) is 14.2 Å². The van der Waals surface area contributed by atoms with Crippen LogP contribution in [0.4, 0.5) is 0 Å². The lowest BCUT2D eigenvalue weighted by Gasteiger charge is -2.00. The van der Waals surface area contributed by atoms with E-state index in [1.54, 1.807) is 13.8 Å². The Kier molecular flexibility index (Phi) is 14.4. The fourth-order valence-electron chi connectivity index (χ4n) is 0.950. The third-order valence-corrected chi connectivity index (χ3v) is 1.89. The van der Waals surface area contributed by atoms with Crippen molar-refractivity contribution in [3.63, 3.8) is 0 Å². The van der Waals surface area contributed by atoms with E-state index in [4.69, 9.17) is 0 Å². The number of ether oxygens (including phenoxy) is 4. The number of carbonyl (C=O) groups is 4. The highest BCUT2D eigenvalue weighted by Crippen LogP contribution is 1.92. The van der Waals surface area contributed by atoms with Crippen molar-refractivity contribution in [3.05, 3.63) is 0 Å². The van der Waals surface area contributed by atoms with Crippen LogP contribution < -0.4 is 0 Å². The average Bonchev–Trinajstić information content (AvgIpc) is 2.45. The first-order valence-electron chi connectivity index (χ1n) is 6.36. The molecule has 0 aliphatic heterocycles. The molecule has 0 aromatic rings. The normalized spacial score (nSPS) is 8.76. The SMILES string of the molecule is CCOC(=O)CC(=O)OCC.COC(=O)CCC(=O)OC. The van der Waals surface area contributed by atoms with Crippen molar-refractivity contribution in [1.82, 2.24) is 0 Å². The zero-order valence-electron chi connectivity index (χ0n) is 12.8. The molecule has 0 heterocycles. The summed E-state index contributed by atoms with van der Waals surface area (Å²) < 4.78 is 17.6. The Bertz CT molecular complexity index is 305. The smallest absolute Gasteiger partial charge is 0.317 e. The van der Waals surface area contributed by atoms with Crippen molar-refractivity contribution in [2.75, 3.05) is 27.4 Å². The first-order valence-corrected chi connectivity index (χ1v) is 6.36. The topological polar surface area (TPSA) is 105 Å². The number of esters is 4. The number of carbonyl (C=O) groups excluding carboxylic acids is 4. The Balaban J connectivity index is 0. The standard InChI is InChI=1S/C7H12O4.C6H10O4/c1-3-10-6(8)5-7(9)11-4-2;1-9-5(7)3-4-6(8)10-2/h3-5H2,1-2H3;3-4H2,1-2H3. The van der Waals surface area contributed by atoms with Gasteiger partial charge in [-0.25, -0.2) is 0 Å². The molecule has 122 valence electrons. The van der Waals surface area contributed by atoms with E-state index >= 15 is 0 Å². The van der Waals surface area contributed by atoms with E-state index in [0.717, 1.165) is 0 Å².